The molecule has 0 radical (unpaired) electrons. The largest absolute Gasteiger partial charge is 0.417 e. The zero-order valence-electron chi connectivity index (χ0n) is 10.6. The quantitative estimate of drug-likeness (QED) is 0.924. The summed E-state index contributed by atoms with van der Waals surface area (Å²) in [5, 5.41) is 0. The standard InChI is InChI=1S/C12H15F3N2O2S/c13-12(14,15)10-3-1-2-4-11(10)20(18,19)17-6-5-9(7-16)8-17/h1-4,9H,5-8,16H2/t9-/m0/s1. The summed E-state index contributed by atoms with van der Waals surface area (Å²) in [6.45, 7) is 0.703. The molecule has 2 N–H and O–H groups in total. The van der Waals surface area contributed by atoms with E-state index in [0.717, 1.165) is 16.4 Å². The highest BCUT2D eigenvalue weighted by Crippen LogP contribution is 2.36. The maximum absolute atomic E-state index is 12.9. The van der Waals surface area contributed by atoms with Gasteiger partial charge in [-0.1, -0.05) is 12.1 Å². The van der Waals surface area contributed by atoms with Gasteiger partial charge in [-0.15, -0.1) is 0 Å². The summed E-state index contributed by atoms with van der Waals surface area (Å²) in [4.78, 5) is -0.690. The lowest BCUT2D eigenvalue weighted by atomic mass is 10.1. The molecule has 0 aromatic heterocycles. The summed E-state index contributed by atoms with van der Waals surface area (Å²) in [6.07, 6.45) is -4.12. The van der Waals surface area contributed by atoms with Crippen LogP contribution in [0.15, 0.2) is 29.2 Å². The third-order valence-electron chi connectivity index (χ3n) is 3.39. The molecule has 112 valence electrons. The molecule has 0 aliphatic carbocycles. The lowest BCUT2D eigenvalue weighted by Gasteiger charge is -2.19. The van der Waals surface area contributed by atoms with Gasteiger partial charge >= 0.3 is 6.18 Å². The van der Waals surface area contributed by atoms with Gasteiger partial charge in [0.2, 0.25) is 10.0 Å². The number of hydrogen-bond acceptors (Lipinski definition) is 3. The van der Waals surface area contributed by atoms with Crippen molar-refractivity contribution in [2.24, 2.45) is 11.7 Å². The summed E-state index contributed by atoms with van der Waals surface area (Å²) in [6, 6.07) is 4.24. The van der Waals surface area contributed by atoms with E-state index < -0.39 is 26.7 Å². The van der Waals surface area contributed by atoms with E-state index in [2.05, 4.69) is 0 Å². The van der Waals surface area contributed by atoms with E-state index in [-0.39, 0.29) is 19.0 Å². The number of hydrogen-bond donors (Lipinski definition) is 1. The fourth-order valence-corrected chi connectivity index (χ4v) is 4.02. The van der Waals surface area contributed by atoms with Crippen molar-refractivity contribution in [1.29, 1.82) is 0 Å². The second kappa shape index (κ2) is 5.34. The summed E-state index contributed by atoms with van der Waals surface area (Å²) >= 11 is 0. The van der Waals surface area contributed by atoms with E-state index in [1.807, 2.05) is 0 Å². The van der Waals surface area contributed by atoms with Gasteiger partial charge in [-0.2, -0.15) is 17.5 Å². The minimum Gasteiger partial charge on any atom is -0.330 e. The molecule has 8 heteroatoms. The van der Waals surface area contributed by atoms with Crippen molar-refractivity contribution in [2.45, 2.75) is 17.5 Å². The molecule has 20 heavy (non-hydrogen) atoms. The van der Waals surface area contributed by atoms with E-state index in [9.17, 15) is 21.6 Å². The number of sulfonamides is 1. The van der Waals surface area contributed by atoms with Gasteiger partial charge in [0.25, 0.3) is 0 Å². The zero-order chi connectivity index (χ0) is 15.0. The molecule has 0 bridgehead atoms. The van der Waals surface area contributed by atoms with E-state index in [1.54, 1.807) is 0 Å². The smallest absolute Gasteiger partial charge is 0.330 e. The van der Waals surface area contributed by atoms with E-state index in [4.69, 9.17) is 5.73 Å². The highest BCUT2D eigenvalue weighted by Gasteiger charge is 2.40. The summed E-state index contributed by atoms with van der Waals surface area (Å²) < 4.78 is 64.5. The fraction of sp³-hybridized carbons (Fsp3) is 0.500. The Balaban J connectivity index is 2.41. The predicted octanol–water partition coefficient (Wildman–Crippen LogP) is 1.67. The van der Waals surface area contributed by atoms with Crippen LogP contribution in [0.1, 0.15) is 12.0 Å². The number of benzene rings is 1. The van der Waals surface area contributed by atoms with Crippen molar-refractivity contribution in [3.8, 4) is 0 Å². The lowest BCUT2D eigenvalue weighted by Crippen LogP contribution is -2.31. The molecule has 1 aliphatic heterocycles. The Morgan fingerprint density at radius 3 is 2.50 bits per heavy atom. The van der Waals surface area contributed by atoms with E-state index >= 15 is 0 Å². The topological polar surface area (TPSA) is 63.4 Å². The first-order chi connectivity index (χ1) is 9.26. The number of nitrogens with zero attached hydrogens (tertiary/aromatic N) is 1. The molecule has 1 saturated heterocycles. The van der Waals surface area contributed by atoms with Crippen molar-refractivity contribution in [3.05, 3.63) is 29.8 Å². The van der Waals surface area contributed by atoms with Crippen LogP contribution in [-0.4, -0.2) is 32.4 Å². The molecule has 0 saturated carbocycles. The molecule has 1 heterocycles. The van der Waals surface area contributed by atoms with Crippen molar-refractivity contribution in [3.63, 3.8) is 0 Å². The van der Waals surface area contributed by atoms with Crippen LogP contribution >= 0.6 is 0 Å². The molecule has 0 amide bonds. The van der Waals surface area contributed by atoms with Crippen LogP contribution in [0.2, 0.25) is 0 Å². The van der Waals surface area contributed by atoms with Crippen molar-refractivity contribution in [2.75, 3.05) is 19.6 Å². The summed E-state index contributed by atoms with van der Waals surface area (Å²) in [7, 11) is -4.14. The molecule has 1 atom stereocenters. The van der Waals surface area contributed by atoms with Gasteiger partial charge in [-0.3, -0.25) is 0 Å². The van der Waals surface area contributed by atoms with Crippen molar-refractivity contribution >= 4 is 10.0 Å². The highest BCUT2D eigenvalue weighted by molar-refractivity contribution is 7.89. The zero-order valence-corrected chi connectivity index (χ0v) is 11.4. The Morgan fingerprint density at radius 2 is 1.95 bits per heavy atom. The molecule has 0 spiro atoms. The van der Waals surface area contributed by atoms with Crippen LogP contribution in [0.4, 0.5) is 13.2 Å². The number of halogens is 3. The molecular weight excluding hydrogens is 293 g/mol. The van der Waals surface area contributed by atoms with Crippen LogP contribution in [0.3, 0.4) is 0 Å². The van der Waals surface area contributed by atoms with Crippen LogP contribution in [-0.2, 0) is 16.2 Å². The molecular formula is C12H15F3N2O2S. The Kier molecular flexibility index (Phi) is 4.08. The second-order valence-electron chi connectivity index (χ2n) is 4.75. The Hall–Kier alpha value is -1.12. The maximum atomic E-state index is 12.9. The third-order valence-corrected chi connectivity index (χ3v) is 5.32. The predicted molar refractivity (Wildman–Crippen MR) is 67.4 cm³/mol. The van der Waals surface area contributed by atoms with Gasteiger partial charge in [0.05, 0.1) is 10.5 Å². The minimum atomic E-state index is -4.70. The molecule has 4 nitrogen and oxygen atoms in total. The normalized spacial score (nSPS) is 21.3. The molecule has 0 unspecified atom stereocenters. The number of alkyl halides is 3. The lowest BCUT2D eigenvalue weighted by molar-refractivity contribution is -0.139. The Morgan fingerprint density at radius 1 is 1.30 bits per heavy atom. The Bertz CT molecular complexity index is 587. The number of rotatable bonds is 3. The van der Waals surface area contributed by atoms with Crippen molar-refractivity contribution in [1.82, 2.24) is 4.31 Å². The van der Waals surface area contributed by atoms with E-state index in [0.29, 0.717) is 13.0 Å². The van der Waals surface area contributed by atoms with Crippen LogP contribution in [0, 0.1) is 5.92 Å². The second-order valence-corrected chi connectivity index (χ2v) is 6.65. The summed E-state index contributed by atoms with van der Waals surface area (Å²) in [5.41, 5.74) is 4.35. The SMILES string of the molecule is NC[C@@H]1CCN(S(=O)(=O)c2ccccc2C(F)(F)F)C1. The molecule has 1 aromatic carbocycles. The molecule has 1 aliphatic rings. The molecule has 1 aromatic rings. The number of nitrogens with two attached hydrogens (primary N) is 1. The average Bonchev–Trinajstić information content (AvgIpc) is 2.87. The van der Waals surface area contributed by atoms with Gasteiger partial charge in [-0.25, -0.2) is 8.42 Å². The monoisotopic (exact) mass is 308 g/mol. The van der Waals surface area contributed by atoms with Gasteiger partial charge < -0.3 is 5.73 Å². The first-order valence-corrected chi connectivity index (χ1v) is 7.57. The highest BCUT2D eigenvalue weighted by atomic mass is 32.2. The van der Waals surface area contributed by atoms with Gasteiger partial charge in [0, 0.05) is 13.1 Å². The molecule has 2 rings (SSSR count). The maximum Gasteiger partial charge on any atom is 0.417 e. The average molecular weight is 308 g/mol. The fourth-order valence-electron chi connectivity index (χ4n) is 2.27. The minimum absolute atomic E-state index is 0.00261. The van der Waals surface area contributed by atoms with Crippen LogP contribution in [0.25, 0.3) is 0 Å². The van der Waals surface area contributed by atoms with Crippen molar-refractivity contribution < 1.29 is 21.6 Å². The Labute approximate surface area is 115 Å². The van der Waals surface area contributed by atoms with Gasteiger partial charge in [-0.05, 0) is 31.0 Å². The first kappa shape index (κ1) is 15.3. The first-order valence-electron chi connectivity index (χ1n) is 6.13. The van der Waals surface area contributed by atoms with Gasteiger partial charge in [0.1, 0.15) is 0 Å². The molecule has 1 fully saturated rings. The van der Waals surface area contributed by atoms with E-state index in [1.165, 1.54) is 12.1 Å². The van der Waals surface area contributed by atoms with Crippen LogP contribution in [0.5, 0.6) is 0 Å². The van der Waals surface area contributed by atoms with Crippen LogP contribution < -0.4 is 5.73 Å². The van der Waals surface area contributed by atoms with Gasteiger partial charge in [0.15, 0.2) is 0 Å². The third kappa shape index (κ3) is 2.82. The summed E-state index contributed by atoms with van der Waals surface area (Å²) in [5.74, 6) is 0.00261.